The summed E-state index contributed by atoms with van der Waals surface area (Å²) in [6.07, 6.45) is 3.00. The first-order valence-corrected chi connectivity index (χ1v) is 16.4. The van der Waals surface area contributed by atoms with Crippen LogP contribution in [0.1, 0.15) is 44.2 Å². The summed E-state index contributed by atoms with van der Waals surface area (Å²) < 4.78 is 23.9. The second-order valence-electron chi connectivity index (χ2n) is 11.9. The molecule has 0 amide bonds. The van der Waals surface area contributed by atoms with Gasteiger partial charge in [-0.15, -0.1) is 0 Å². The SMILES string of the molecule is CCc1cc(=O)oc2nc(O/N=C3\CCN(C)C3)[nH]c(=O)c12.CCc1cc(=O)oc2nc(ON=C3CCN(c4ccccc4F)CC3)[nH]c(=O)c12. The molecule has 266 valence electrons. The lowest BCUT2D eigenvalue weighted by Crippen LogP contribution is -2.34. The van der Waals surface area contributed by atoms with Gasteiger partial charge in [0.1, 0.15) is 16.6 Å². The molecule has 4 aromatic heterocycles. The summed E-state index contributed by atoms with van der Waals surface area (Å²) >= 11 is 0. The number of hydrogen-bond donors (Lipinski definition) is 2. The van der Waals surface area contributed by atoms with Crippen molar-refractivity contribution in [3.63, 3.8) is 0 Å². The number of rotatable bonds is 7. The minimum absolute atomic E-state index is 0.0353. The third kappa shape index (κ3) is 8.09. The summed E-state index contributed by atoms with van der Waals surface area (Å²) in [7, 11) is 1.99. The highest BCUT2D eigenvalue weighted by Crippen LogP contribution is 2.22. The molecule has 2 aliphatic rings. The number of piperidine rings is 1. The number of nitrogens with zero attached hydrogens (tertiary/aromatic N) is 6. The van der Waals surface area contributed by atoms with E-state index in [1.165, 1.54) is 18.2 Å². The van der Waals surface area contributed by atoms with Crippen LogP contribution in [0, 0.1) is 5.82 Å². The van der Waals surface area contributed by atoms with Gasteiger partial charge in [-0.3, -0.25) is 19.6 Å². The number of benzene rings is 1. The fourth-order valence-corrected chi connectivity index (χ4v) is 5.79. The number of oxime groups is 2. The number of fused-ring (bicyclic) bond motifs is 2. The van der Waals surface area contributed by atoms with Crippen molar-refractivity contribution in [3.8, 4) is 12.0 Å². The first-order valence-electron chi connectivity index (χ1n) is 16.4. The Labute approximate surface area is 288 Å². The normalized spacial score (nSPS) is 15.6. The second kappa shape index (κ2) is 15.3. The first kappa shape index (κ1) is 34.9. The summed E-state index contributed by atoms with van der Waals surface area (Å²) in [6.45, 7) is 6.50. The van der Waals surface area contributed by atoms with Gasteiger partial charge in [0.25, 0.3) is 11.1 Å². The number of para-hydroxylation sites is 1. The van der Waals surface area contributed by atoms with Crippen molar-refractivity contribution < 1.29 is 22.9 Å². The molecule has 0 atom stereocenters. The molecule has 2 saturated heterocycles. The van der Waals surface area contributed by atoms with Gasteiger partial charge in [0.15, 0.2) is 0 Å². The molecule has 6 heterocycles. The van der Waals surface area contributed by atoms with Gasteiger partial charge in [-0.1, -0.05) is 36.3 Å². The average Bonchev–Trinajstić information content (AvgIpc) is 3.54. The smallest absolute Gasteiger partial charge is 0.337 e. The topological polar surface area (TPSA) is 202 Å². The number of nitrogens with one attached hydrogen (secondary N) is 2. The molecular formula is C34H35FN8O8. The fraction of sp³-hybridized carbons (Fsp3) is 0.353. The van der Waals surface area contributed by atoms with Gasteiger partial charge < -0.3 is 28.3 Å². The predicted molar refractivity (Wildman–Crippen MR) is 187 cm³/mol. The van der Waals surface area contributed by atoms with E-state index in [0.29, 0.717) is 62.1 Å². The molecule has 0 unspecified atom stereocenters. The average molecular weight is 703 g/mol. The van der Waals surface area contributed by atoms with E-state index in [9.17, 15) is 23.6 Å². The van der Waals surface area contributed by atoms with Crippen LogP contribution in [-0.4, -0.2) is 69.5 Å². The van der Waals surface area contributed by atoms with Gasteiger partial charge in [0.2, 0.25) is 11.4 Å². The van der Waals surface area contributed by atoms with E-state index in [1.54, 1.807) is 18.2 Å². The molecule has 0 bridgehead atoms. The largest absolute Gasteiger partial charge is 0.403 e. The van der Waals surface area contributed by atoms with Gasteiger partial charge in [-0.25, -0.2) is 14.0 Å². The molecule has 5 aromatic rings. The first-order chi connectivity index (χ1) is 24.6. The fourth-order valence-electron chi connectivity index (χ4n) is 5.79. The predicted octanol–water partition coefficient (Wildman–Crippen LogP) is 3.12. The van der Waals surface area contributed by atoms with E-state index in [1.807, 2.05) is 25.8 Å². The number of hydrogen-bond acceptors (Lipinski definition) is 14. The molecular weight excluding hydrogens is 667 g/mol. The molecule has 7 rings (SSSR count). The van der Waals surface area contributed by atoms with Crippen molar-refractivity contribution in [1.82, 2.24) is 24.8 Å². The number of aromatic nitrogens is 4. The molecule has 0 saturated carbocycles. The Morgan fingerprint density at radius 3 is 1.78 bits per heavy atom. The molecule has 2 N–H and O–H groups in total. The Balaban J connectivity index is 0.000000183. The van der Waals surface area contributed by atoms with Gasteiger partial charge in [0, 0.05) is 57.6 Å². The molecule has 17 heteroatoms. The van der Waals surface area contributed by atoms with Gasteiger partial charge in [0.05, 0.1) is 17.1 Å². The summed E-state index contributed by atoms with van der Waals surface area (Å²) in [5.74, 6) is -0.255. The lowest BCUT2D eigenvalue weighted by atomic mass is 10.1. The number of H-pyrrole nitrogens is 2. The Morgan fingerprint density at radius 1 is 0.784 bits per heavy atom. The maximum atomic E-state index is 13.9. The Morgan fingerprint density at radius 2 is 1.29 bits per heavy atom. The van der Waals surface area contributed by atoms with Gasteiger partial charge >= 0.3 is 23.3 Å². The quantitative estimate of drug-likeness (QED) is 0.235. The Kier molecular flexibility index (Phi) is 10.5. The minimum atomic E-state index is -0.578. The minimum Gasteiger partial charge on any atom is -0.403 e. The van der Waals surface area contributed by atoms with Crippen LogP contribution in [0.4, 0.5) is 10.1 Å². The zero-order valence-corrected chi connectivity index (χ0v) is 28.2. The lowest BCUT2D eigenvalue weighted by molar-refractivity contribution is 0.308. The monoisotopic (exact) mass is 702 g/mol. The summed E-state index contributed by atoms with van der Waals surface area (Å²) in [5.41, 5.74) is 1.24. The third-order valence-electron chi connectivity index (χ3n) is 8.40. The highest BCUT2D eigenvalue weighted by molar-refractivity contribution is 5.88. The number of anilines is 1. The lowest BCUT2D eigenvalue weighted by Gasteiger charge is -2.29. The molecule has 0 radical (unpaired) electrons. The molecule has 51 heavy (non-hydrogen) atoms. The van der Waals surface area contributed by atoms with Crippen LogP contribution < -0.4 is 36.9 Å². The Hall–Kier alpha value is -5.97. The van der Waals surface area contributed by atoms with Crippen molar-refractivity contribution in [1.29, 1.82) is 0 Å². The molecule has 16 nitrogen and oxygen atoms in total. The van der Waals surface area contributed by atoms with Gasteiger partial charge in [-0.2, -0.15) is 9.97 Å². The highest BCUT2D eigenvalue weighted by Gasteiger charge is 2.20. The van der Waals surface area contributed by atoms with Gasteiger partial charge in [-0.05, 0) is 43.1 Å². The molecule has 2 aliphatic heterocycles. The second-order valence-corrected chi connectivity index (χ2v) is 11.9. The van der Waals surface area contributed by atoms with E-state index in [-0.39, 0.29) is 40.0 Å². The van der Waals surface area contributed by atoms with Crippen LogP contribution in [-0.2, 0) is 12.8 Å². The summed E-state index contributed by atoms with van der Waals surface area (Å²) in [6, 6.07) is 8.99. The van der Waals surface area contributed by atoms with Crippen LogP contribution in [0.25, 0.3) is 22.2 Å². The number of halogens is 1. The molecule has 2 fully saturated rings. The van der Waals surface area contributed by atoms with Crippen molar-refractivity contribution in [3.05, 3.63) is 94.9 Å². The Bertz CT molecular complexity index is 2370. The maximum Gasteiger partial charge on any atom is 0.337 e. The van der Waals surface area contributed by atoms with E-state index in [0.717, 1.165) is 24.4 Å². The van der Waals surface area contributed by atoms with E-state index in [4.69, 9.17) is 18.5 Å². The zero-order chi connectivity index (χ0) is 36.1. The van der Waals surface area contributed by atoms with Crippen LogP contribution in [0.2, 0.25) is 0 Å². The molecule has 1 aromatic carbocycles. The molecule has 0 aliphatic carbocycles. The summed E-state index contributed by atoms with van der Waals surface area (Å²) in [5, 5.41) is 8.53. The third-order valence-corrected chi connectivity index (χ3v) is 8.40. The summed E-state index contributed by atoms with van der Waals surface area (Å²) in [4.78, 5) is 75.2. The van der Waals surface area contributed by atoms with Crippen molar-refractivity contribution in [2.45, 2.75) is 46.0 Å². The van der Waals surface area contributed by atoms with Crippen LogP contribution in [0.3, 0.4) is 0 Å². The number of aromatic amines is 2. The molecule has 0 spiro atoms. The maximum absolute atomic E-state index is 13.9. The standard InChI is InChI=1S/C20H19FN4O4.C14H16N4O4/c1-2-12-11-16(26)28-19-17(12)18(27)22-20(23-19)29-24-13-7-9-25(10-8-13)15-6-4-3-5-14(15)21;1-3-8-6-10(19)21-13-11(8)12(20)15-14(16-13)22-17-9-4-5-18(2)7-9/h3-6,11H,2,7-10H2,1H3,(H,22,23,27);6H,3-5,7H2,1-2H3,(H,15,16,20)/b;17-9+. The van der Waals surface area contributed by atoms with Crippen molar-refractivity contribution in [2.75, 3.05) is 38.1 Å². The van der Waals surface area contributed by atoms with E-state index < -0.39 is 22.4 Å². The number of likely N-dealkylation sites (tertiary alicyclic amines) is 1. The van der Waals surface area contributed by atoms with Crippen LogP contribution >= 0.6 is 0 Å². The zero-order valence-electron chi connectivity index (χ0n) is 28.2. The van der Waals surface area contributed by atoms with Crippen molar-refractivity contribution in [2.24, 2.45) is 10.3 Å². The highest BCUT2D eigenvalue weighted by atomic mass is 19.1. The van der Waals surface area contributed by atoms with Crippen LogP contribution in [0.5, 0.6) is 12.0 Å². The van der Waals surface area contributed by atoms with E-state index >= 15 is 0 Å². The van der Waals surface area contributed by atoms with Crippen LogP contribution in [0.15, 0.2) is 74.7 Å². The van der Waals surface area contributed by atoms with E-state index in [2.05, 4.69) is 35.1 Å². The van der Waals surface area contributed by atoms with Crippen molar-refractivity contribution >= 4 is 39.3 Å². The number of aryl methyl sites for hydroxylation is 2.